The molecule has 0 aliphatic heterocycles. The maximum atomic E-state index is 12.0. The number of nitrogens with zero attached hydrogens (tertiary/aromatic N) is 2. The van der Waals surface area contributed by atoms with Gasteiger partial charge in [-0.25, -0.2) is 8.42 Å². The molecule has 94 valence electrons. The predicted molar refractivity (Wildman–Crippen MR) is 65.4 cm³/mol. The molecule has 0 saturated carbocycles. The quantitative estimate of drug-likeness (QED) is 0.738. The van der Waals surface area contributed by atoms with E-state index in [1.807, 2.05) is 13.8 Å². The van der Waals surface area contributed by atoms with Crippen molar-refractivity contribution in [3.05, 3.63) is 6.20 Å². The zero-order valence-corrected chi connectivity index (χ0v) is 10.8. The minimum Gasteiger partial charge on any atom is -0.381 e. The van der Waals surface area contributed by atoms with Crippen molar-refractivity contribution < 1.29 is 8.42 Å². The fourth-order valence-corrected chi connectivity index (χ4v) is 2.69. The first-order chi connectivity index (χ1) is 7.77. The molecule has 17 heavy (non-hydrogen) atoms. The van der Waals surface area contributed by atoms with Crippen molar-refractivity contribution >= 4 is 15.8 Å². The van der Waals surface area contributed by atoms with Crippen LogP contribution in [0.15, 0.2) is 11.1 Å². The minimum absolute atomic E-state index is 0.00679. The molecule has 0 saturated heterocycles. The Balaban J connectivity index is 3.05. The summed E-state index contributed by atoms with van der Waals surface area (Å²) >= 11 is 0. The van der Waals surface area contributed by atoms with Crippen LogP contribution in [0.3, 0.4) is 0 Å². The van der Waals surface area contributed by atoms with Gasteiger partial charge in [-0.1, -0.05) is 19.8 Å². The van der Waals surface area contributed by atoms with Crippen molar-refractivity contribution in [2.45, 2.75) is 24.8 Å². The highest BCUT2D eigenvalue weighted by molar-refractivity contribution is 7.89. The standard InChI is InChI=1S/C10H16N4O2S/c1-5-8(7(2)3)13-17(15,16)9-6-14(4)12-10(9)11/h1,6-8,13H,2-4H3,(H2,11,12). The topological polar surface area (TPSA) is 90.0 Å². The number of hydrogen-bond acceptors (Lipinski definition) is 4. The maximum Gasteiger partial charge on any atom is 0.246 e. The lowest BCUT2D eigenvalue weighted by atomic mass is 10.1. The SMILES string of the molecule is C#CC(NS(=O)(=O)c1cn(C)nc1N)C(C)C. The van der Waals surface area contributed by atoms with Crippen LogP contribution in [0.25, 0.3) is 0 Å². The summed E-state index contributed by atoms with van der Waals surface area (Å²) in [5.41, 5.74) is 5.52. The predicted octanol–water partition coefficient (Wildman–Crippen LogP) is -0.0616. The second kappa shape index (κ2) is 4.77. The van der Waals surface area contributed by atoms with E-state index < -0.39 is 16.1 Å². The van der Waals surface area contributed by atoms with Crippen molar-refractivity contribution in [3.8, 4) is 12.3 Å². The van der Waals surface area contributed by atoms with Gasteiger partial charge in [0.15, 0.2) is 5.82 Å². The van der Waals surface area contributed by atoms with E-state index in [4.69, 9.17) is 12.2 Å². The zero-order chi connectivity index (χ0) is 13.2. The van der Waals surface area contributed by atoms with Gasteiger partial charge < -0.3 is 5.73 Å². The molecule has 3 N–H and O–H groups in total. The van der Waals surface area contributed by atoms with E-state index in [1.54, 1.807) is 7.05 Å². The summed E-state index contributed by atoms with van der Waals surface area (Å²) < 4.78 is 27.8. The number of aryl methyl sites for hydroxylation is 1. The molecular formula is C10H16N4O2S. The van der Waals surface area contributed by atoms with E-state index in [0.29, 0.717) is 0 Å². The first-order valence-electron chi connectivity index (χ1n) is 5.05. The van der Waals surface area contributed by atoms with Crippen LogP contribution in [-0.2, 0) is 17.1 Å². The van der Waals surface area contributed by atoms with E-state index in [9.17, 15) is 8.42 Å². The van der Waals surface area contributed by atoms with Crippen LogP contribution >= 0.6 is 0 Å². The van der Waals surface area contributed by atoms with Crippen LogP contribution in [0.2, 0.25) is 0 Å². The first-order valence-corrected chi connectivity index (χ1v) is 6.54. The molecular weight excluding hydrogens is 240 g/mol. The van der Waals surface area contributed by atoms with Crippen molar-refractivity contribution in [3.63, 3.8) is 0 Å². The highest BCUT2D eigenvalue weighted by atomic mass is 32.2. The second-order valence-corrected chi connectivity index (χ2v) is 5.74. The summed E-state index contributed by atoms with van der Waals surface area (Å²) in [5, 5.41) is 3.78. The maximum absolute atomic E-state index is 12.0. The lowest BCUT2D eigenvalue weighted by Gasteiger charge is -2.16. The zero-order valence-electron chi connectivity index (χ0n) is 10.0. The number of terminal acetylenes is 1. The number of nitrogens with one attached hydrogen (secondary N) is 1. The number of nitrogen functional groups attached to an aromatic ring is 1. The lowest BCUT2D eigenvalue weighted by molar-refractivity contribution is 0.518. The summed E-state index contributed by atoms with van der Waals surface area (Å²) in [7, 11) is -2.13. The third kappa shape index (κ3) is 2.99. The van der Waals surface area contributed by atoms with Crippen molar-refractivity contribution in [1.82, 2.24) is 14.5 Å². The molecule has 7 heteroatoms. The molecule has 1 aromatic heterocycles. The number of hydrogen-bond donors (Lipinski definition) is 2. The van der Waals surface area contributed by atoms with E-state index in [2.05, 4.69) is 15.7 Å². The van der Waals surface area contributed by atoms with E-state index in [-0.39, 0.29) is 16.6 Å². The number of anilines is 1. The van der Waals surface area contributed by atoms with Gasteiger partial charge in [-0.2, -0.15) is 9.82 Å². The first kappa shape index (κ1) is 13.5. The Kier molecular flexibility index (Phi) is 3.80. The van der Waals surface area contributed by atoms with Crippen LogP contribution < -0.4 is 10.5 Å². The molecule has 0 bridgehead atoms. The smallest absolute Gasteiger partial charge is 0.246 e. The lowest BCUT2D eigenvalue weighted by Crippen LogP contribution is -2.37. The van der Waals surface area contributed by atoms with Gasteiger partial charge in [-0.05, 0) is 5.92 Å². The summed E-state index contributed by atoms with van der Waals surface area (Å²) in [6.07, 6.45) is 6.61. The molecule has 1 unspecified atom stereocenters. The Labute approximate surface area is 101 Å². The van der Waals surface area contributed by atoms with Gasteiger partial charge in [0.2, 0.25) is 10.0 Å². The van der Waals surface area contributed by atoms with Crippen LogP contribution in [0.5, 0.6) is 0 Å². The Hall–Kier alpha value is -1.52. The Bertz CT molecular complexity index is 539. The van der Waals surface area contributed by atoms with E-state index >= 15 is 0 Å². The normalized spacial score (nSPS) is 13.6. The fourth-order valence-electron chi connectivity index (χ4n) is 1.28. The molecule has 0 aliphatic carbocycles. The van der Waals surface area contributed by atoms with E-state index in [1.165, 1.54) is 10.9 Å². The molecule has 6 nitrogen and oxygen atoms in total. The van der Waals surface area contributed by atoms with Crippen molar-refractivity contribution in [2.75, 3.05) is 5.73 Å². The number of aromatic nitrogens is 2. The van der Waals surface area contributed by atoms with E-state index in [0.717, 1.165) is 0 Å². The Morgan fingerprint density at radius 1 is 1.59 bits per heavy atom. The monoisotopic (exact) mass is 256 g/mol. The van der Waals surface area contributed by atoms with Crippen LogP contribution in [0.1, 0.15) is 13.8 Å². The van der Waals surface area contributed by atoms with Crippen molar-refractivity contribution in [1.29, 1.82) is 0 Å². The second-order valence-electron chi connectivity index (χ2n) is 4.06. The highest BCUT2D eigenvalue weighted by Gasteiger charge is 2.24. The average molecular weight is 256 g/mol. The minimum atomic E-state index is -3.73. The third-order valence-electron chi connectivity index (χ3n) is 2.24. The van der Waals surface area contributed by atoms with Gasteiger partial charge in [0.25, 0.3) is 0 Å². The molecule has 1 rings (SSSR count). The van der Waals surface area contributed by atoms with Gasteiger partial charge in [-0.3, -0.25) is 4.68 Å². The number of sulfonamides is 1. The molecule has 0 spiro atoms. The Morgan fingerprint density at radius 2 is 2.18 bits per heavy atom. The third-order valence-corrected chi connectivity index (χ3v) is 3.70. The molecule has 0 amide bonds. The van der Waals surface area contributed by atoms with Crippen molar-refractivity contribution in [2.24, 2.45) is 13.0 Å². The highest BCUT2D eigenvalue weighted by Crippen LogP contribution is 2.16. The fraction of sp³-hybridized carbons (Fsp3) is 0.500. The molecule has 0 radical (unpaired) electrons. The Morgan fingerprint density at radius 3 is 2.53 bits per heavy atom. The summed E-state index contributed by atoms with van der Waals surface area (Å²) in [4.78, 5) is -0.0547. The summed E-state index contributed by atoms with van der Waals surface area (Å²) in [5.74, 6) is 2.35. The van der Waals surface area contributed by atoms with Gasteiger partial charge in [0.1, 0.15) is 4.90 Å². The number of rotatable bonds is 4. The number of nitrogens with two attached hydrogens (primary N) is 1. The van der Waals surface area contributed by atoms with Gasteiger partial charge in [0.05, 0.1) is 6.04 Å². The summed E-state index contributed by atoms with van der Waals surface area (Å²) in [6, 6.07) is -0.570. The molecule has 1 aromatic rings. The van der Waals surface area contributed by atoms with Crippen LogP contribution in [0, 0.1) is 18.3 Å². The van der Waals surface area contributed by atoms with Gasteiger partial charge in [0, 0.05) is 13.2 Å². The summed E-state index contributed by atoms with van der Waals surface area (Å²) in [6.45, 7) is 3.67. The molecule has 1 atom stereocenters. The largest absolute Gasteiger partial charge is 0.381 e. The van der Waals surface area contributed by atoms with Crippen LogP contribution in [-0.4, -0.2) is 24.2 Å². The molecule has 0 aliphatic rings. The molecule has 1 heterocycles. The molecule has 0 aromatic carbocycles. The molecule has 0 fully saturated rings. The van der Waals surface area contributed by atoms with Crippen LogP contribution in [0.4, 0.5) is 5.82 Å². The average Bonchev–Trinajstić information content (AvgIpc) is 2.54. The van der Waals surface area contributed by atoms with Gasteiger partial charge in [-0.15, -0.1) is 6.42 Å². The van der Waals surface area contributed by atoms with Gasteiger partial charge >= 0.3 is 0 Å².